The Morgan fingerprint density at radius 3 is 1.27 bits per heavy atom. The maximum absolute atomic E-state index is 2.27. The van der Waals surface area contributed by atoms with Gasteiger partial charge < -0.3 is 14.9 Å². The van der Waals surface area contributed by atoms with Crippen LogP contribution in [0, 0.1) is 28.7 Å². The molecule has 0 amide bonds. The molecule has 0 saturated carbocycles. The van der Waals surface area contributed by atoms with Gasteiger partial charge in [-0.25, -0.2) is 0 Å². The summed E-state index contributed by atoms with van der Waals surface area (Å²) in [6.07, 6.45) is 2.28. The fourth-order valence-corrected chi connectivity index (χ4v) is 3.80. The summed E-state index contributed by atoms with van der Waals surface area (Å²) in [6.45, 7) is 13.1. The first-order chi connectivity index (χ1) is 13.1. The van der Waals surface area contributed by atoms with Gasteiger partial charge in [-0.3, -0.25) is 0 Å². The predicted molar refractivity (Wildman–Crippen MR) is 138 cm³/mol. The molecule has 0 unspecified atom stereocenters. The van der Waals surface area contributed by atoms with Crippen molar-refractivity contribution in [2.24, 2.45) is 0 Å². The van der Waals surface area contributed by atoms with Gasteiger partial charge >= 0.3 is 25.8 Å². The first-order valence-corrected chi connectivity index (χ1v) is 11.9. The molecule has 0 aromatic heterocycles. The average Bonchev–Trinajstić information content (AvgIpc) is 3.17. The van der Waals surface area contributed by atoms with Crippen LogP contribution in [0.4, 0.5) is 0 Å². The fraction of sp³-hybridized carbons (Fsp3) is 0.286. The molecule has 158 valence electrons. The molecule has 4 aromatic rings. The molecule has 2 radical (unpaired) electrons. The number of benzene rings is 2. The molecule has 0 fully saturated rings. The molecule has 30 heavy (non-hydrogen) atoms. The van der Waals surface area contributed by atoms with Crippen molar-refractivity contribution >= 4 is 31.1 Å². The molecule has 0 spiro atoms. The smallest absolute Gasteiger partial charge is 0.358 e. The first kappa shape index (κ1) is 30.9. The van der Waals surface area contributed by atoms with Crippen LogP contribution in [0.5, 0.6) is 0 Å². The maximum Gasteiger partial charge on any atom is 4.00 e. The van der Waals surface area contributed by atoms with Crippen LogP contribution < -0.4 is 0 Å². The van der Waals surface area contributed by atoms with Crippen LogP contribution >= 0.6 is 0 Å². The Bertz CT molecular complexity index is 895. The van der Waals surface area contributed by atoms with Gasteiger partial charge in [-0.2, -0.15) is 11.1 Å². The van der Waals surface area contributed by atoms with Crippen molar-refractivity contribution in [1.29, 1.82) is 0 Å². The first-order valence-electron chi connectivity index (χ1n) is 9.93. The second-order valence-corrected chi connectivity index (χ2v) is 7.99. The van der Waals surface area contributed by atoms with Gasteiger partial charge in [0.1, 0.15) is 0 Å². The summed E-state index contributed by atoms with van der Waals surface area (Å²) in [6, 6.07) is 21.7. The van der Waals surface area contributed by atoms with E-state index in [1.165, 1.54) is 43.8 Å². The Balaban J connectivity index is 0. The predicted octanol–water partition coefficient (Wildman–Crippen LogP) is 8.54. The minimum atomic E-state index is 0. The molecule has 0 aliphatic heterocycles. The van der Waals surface area contributed by atoms with Crippen molar-refractivity contribution in [2.45, 2.75) is 53.6 Å². The van der Waals surface area contributed by atoms with Gasteiger partial charge in [0.25, 0.3) is 0 Å². The van der Waals surface area contributed by atoms with E-state index in [0.29, 0.717) is 0 Å². The standard InChI is InChI=1S/2C12H13.C2H6Si.2CH3.Hf/c2*1-3-11-9(2)8-10-6-4-5-7-12(10)11;1-3-2;;;/h2*4-8H,3H2,1-2H3;1-2H3;2*1H3;/q2*-1;;2*-1;+4. The van der Waals surface area contributed by atoms with Gasteiger partial charge in [0.2, 0.25) is 0 Å². The zero-order valence-corrected chi connectivity index (χ0v) is 24.8. The largest absolute Gasteiger partial charge is 4.00 e. The Morgan fingerprint density at radius 1 is 0.667 bits per heavy atom. The van der Waals surface area contributed by atoms with Crippen LogP contribution in [0.15, 0.2) is 60.7 Å². The van der Waals surface area contributed by atoms with E-state index in [4.69, 9.17) is 0 Å². The molecule has 0 heterocycles. The van der Waals surface area contributed by atoms with Crippen molar-refractivity contribution in [3.63, 3.8) is 0 Å². The second kappa shape index (κ2) is 15.5. The summed E-state index contributed by atoms with van der Waals surface area (Å²) in [5, 5.41) is 5.62. The molecular weight excluding hydrogens is 543 g/mol. The number of hydrogen-bond donors (Lipinski definition) is 0. The molecule has 4 aromatic carbocycles. The van der Waals surface area contributed by atoms with E-state index in [9.17, 15) is 0 Å². The third-order valence-corrected chi connectivity index (χ3v) is 4.97. The zero-order chi connectivity index (χ0) is 19.8. The zero-order valence-electron chi connectivity index (χ0n) is 20.2. The van der Waals surface area contributed by atoms with E-state index in [-0.39, 0.29) is 40.7 Å². The normalized spacial score (nSPS) is 9.27. The van der Waals surface area contributed by atoms with Gasteiger partial charge in [-0.05, 0) is 0 Å². The molecule has 2 heteroatoms. The topological polar surface area (TPSA) is 0 Å². The van der Waals surface area contributed by atoms with E-state index in [1.54, 1.807) is 0 Å². The SMILES string of the molecule is CCc1c(C)[cH-]c2ccccc12.CCc1c(C)[cH-]c2ccccc12.C[Si]C.[CH3-].[CH3-].[Hf+4]. The second-order valence-electron chi connectivity index (χ2n) is 6.99. The Kier molecular flexibility index (Phi) is 16.0. The maximum atomic E-state index is 2.27. The van der Waals surface area contributed by atoms with Gasteiger partial charge in [-0.15, -0.1) is 81.2 Å². The summed E-state index contributed by atoms with van der Waals surface area (Å²) >= 11 is 0. The van der Waals surface area contributed by atoms with Gasteiger partial charge in [0.05, 0.1) is 0 Å². The molecule has 0 aliphatic carbocycles. The number of fused-ring (bicyclic) bond motifs is 2. The van der Waals surface area contributed by atoms with E-state index in [2.05, 4.69) is 101 Å². The Labute approximate surface area is 207 Å². The third kappa shape index (κ3) is 7.46. The summed E-state index contributed by atoms with van der Waals surface area (Å²) in [5.41, 5.74) is 5.87. The van der Waals surface area contributed by atoms with E-state index in [1.807, 2.05) is 0 Å². The molecule has 0 saturated heterocycles. The van der Waals surface area contributed by atoms with Crippen molar-refractivity contribution in [3.05, 3.63) is 97.8 Å². The minimum Gasteiger partial charge on any atom is -0.358 e. The molecule has 0 N–H and O–H groups in total. The van der Waals surface area contributed by atoms with Crippen LogP contribution in [-0.2, 0) is 38.7 Å². The Hall–Kier alpha value is -1.25. The molecule has 0 bridgehead atoms. The van der Waals surface area contributed by atoms with Crippen LogP contribution in [0.2, 0.25) is 13.1 Å². The minimum absolute atomic E-state index is 0. The van der Waals surface area contributed by atoms with Gasteiger partial charge in [-0.1, -0.05) is 65.8 Å². The molecular formula is C28H38HfSi. The third-order valence-electron chi connectivity index (χ3n) is 4.97. The molecule has 0 atom stereocenters. The summed E-state index contributed by atoms with van der Waals surface area (Å²) in [5.74, 6) is 0. The Morgan fingerprint density at radius 2 is 0.967 bits per heavy atom. The van der Waals surface area contributed by atoms with Crippen LogP contribution in [0.1, 0.15) is 36.1 Å². The van der Waals surface area contributed by atoms with Crippen molar-refractivity contribution in [2.75, 3.05) is 0 Å². The van der Waals surface area contributed by atoms with Crippen LogP contribution in [0.25, 0.3) is 21.5 Å². The quantitative estimate of drug-likeness (QED) is 0.165. The van der Waals surface area contributed by atoms with Crippen LogP contribution in [-0.4, -0.2) is 9.52 Å². The number of aryl methyl sites for hydroxylation is 4. The average molecular weight is 581 g/mol. The van der Waals surface area contributed by atoms with E-state index in [0.717, 1.165) is 22.4 Å². The number of hydrogen-bond acceptors (Lipinski definition) is 0. The molecule has 0 nitrogen and oxygen atoms in total. The van der Waals surface area contributed by atoms with Crippen molar-refractivity contribution in [1.82, 2.24) is 0 Å². The summed E-state index contributed by atoms with van der Waals surface area (Å²) in [7, 11) is 1.08. The molecule has 4 rings (SSSR count). The van der Waals surface area contributed by atoms with E-state index >= 15 is 0 Å². The van der Waals surface area contributed by atoms with Crippen molar-refractivity contribution in [3.8, 4) is 0 Å². The monoisotopic (exact) mass is 582 g/mol. The van der Waals surface area contributed by atoms with Crippen LogP contribution in [0.3, 0.4) is 0 Å². The summed E-state index contributed by atoms with van der Waals surface area (Å²) < 4.78 is 0. The van der Waals surface area contributed by atoms with Crippen molar-refractivity contribution < 1.29 is 25.8 Å². The van der Waals surface area contributed by atoms with Gasteiger partial charge in [0, 0.05) is 9.52 Å². The van der Waals surface area contributed by atoms with Gasteiger partial charge in [0.15, 0.2) is 0 Å². The number of rotatable bonds is 2. The van der Waals surface area contributed by atoms with E-state index < -0.39 is 0 Å². The molecule has 0 aliphatic rings. The fourth-order valence-electron chi connectivity index (χ4n) is 3.80. The summed E-state index contributed by atoms with van der Waals surface area (Å²) in [4.78, 5) is 0.